The van der Waals surface area contributed by atoms with Crippen LogP contribution in [0.1, 0.15) is 155 Å². The maximum atomic E-state index is 6.58. The van der Waals surface area contributed by atoms with Crippen molar-refractivity contribution in [2.24, 2.45) is 43.8 Å². The molecule has 2 aliphatic carbocycles. The van der Waals surface area contributed by atoms with Crippen molar-refractivity contribution in [3.63, 3.8) is 0 Å². The van der Waals surface area contributed by atoms with E-state index >= 15 is 0 Å². The number of nitrogens with zero attached hydrogens (tertiary/aromatic N) is 21. The van der Waals surface area contributed by atoms with Crippen LogP contribution in [0.5, 0.6) is 0 Å². The highest BCUT2D eigenvalue weighted by Crippen LogP contribution is 2.38. The van der Waals surface area contributed by atoms with Gasteiger partial charge in [0, 0.05) is 153 Å². The zero-order chi connectivity index (χ0) is 80.0. The minimum Gasteiger partial charge on any atom is -0.339 e. The van der Waals surface area contributed by atoms with Gasteiger partial charge in [0.2, 0.25) is 0 Å². The van der Waals surface area contributed by atoms with Gasteiger partial charge < -0.3 is 26.6 Å². The van der Waals surface area contributed by atoms with Crippen LogP contribution in [0.25, 0.3) is 54.5 Å². The van der Waals surface area contributed by atoms with Crippen molar-refractivity contribution in [1.82, 2.24) is 78.8 Å². The van der Waals surface area contributed by atoms with Crippen molar-refractivity contribution < 1.29 is 0 Å². The topological polar surface area (TPSA) is 288 Å². The molecule has 0 spiro atoms. The number of amidine groups is 5. The molecule has 5 aliphatic heterocycles. The van der Waals surface area contributed by atoms with Crippen LogP contribution in [-0.4, -0.2) is 108 Å². The van der Waals surface area contributed by atoms with E-state index in [1.807, 2.05) is 108 Å². The molecule has 5 N–H and O–H groups in total. The second-order valence-corrected chi connectivity index (χ2v) is 32.1. The maximum Gasteiger partial charge on any atom is 0.154 e. The molecule has 15 aromatic rings. The monoisotopic (exact) mass is 1660 g/mol. The van der Waals surface area contributed by atoms with Gasteiger partial charge in [0.15, 0.2) is 29.2 Å². The number of aliphatic imine (C=N–C) groups is 5. The van der Waals surface area contributed by atoms with Crippen molar-refractivity contribution in [2.75, 3.05) is 26.6 Å². The molecule has 2 saturated carbocycles. The third-order valence-electron chi connectivity index (χ3n) is 21.8. The molecule has 15 heterocycles. The van der Waals surface area contributed by atoms with Gasteiger partial charge in [-0.25, -0.2) is 4.98 Å². The van der Waals surface area contributed by atoms with Crippen molar-refractivity contribution >= 4 is 159 Å². The second kappa shape index (κ2) is 34.7. The summed E-state index contributed by atoms with van der Waals surface area (Å²) in [5.41, 5.74) is 20.5. The van der Waals surface area contributed by atoms with Gasteiger partial charge in [0.25, 0.3) is 0 Å². The third-order valence-corrected chi connectivity index (χ3v) is 22.9. The highest BCUT2D eigenvalue weighted by atomic mass is 35.5. The fourth-order valence-electron chi connectivity index (χ4n) is 15.3. The zero-order valence-electron chi connectivity index (χ0n) is 65.1. The molecule has 26 nitrogen and oxygen atoms in total. The summed E-state index contributed by atoms with van der Waals surface area (Å²) in [5, 5.41) is 47.2. The zero-order valence-corrected chi connectivity index (χ0v) is 68.2. The number of hydrogen-bond acceptors (Lipinski definition) is 21. The van der Waals surface area contributed by atoms with Crippen molar-refractivity contribution in [1.29, 1.82) is 0 Å². The normalized spacial score (nSPS) is 14.5. The largest absolute Gasteiger partial charge is 0.339 e. The summed E-state index contributed by atoms with van der Waals surface area (Å²) >= 11 is 25.9. The standard InChI is InChI=1S/C19H18ClN5.C18H17ClN6.C18H19N5.C17H16ClN5.C15H12ClN5.2CH4/c20-16-8-15(24-19-17-13(9-22-19)5-2-6-21-17)7-14-10-23-25(18(14)16)11-12-3-1-4-12;19-14-7-13(24-18-16-15(9-22-18)20-4-5-21-16)6-12-8-23-25(17(12)14)10-11-2-1-3-11;1-11(2)23-16-7-6-14(9-15(16)12(3)22-23)21-18-17-13(10-20-18)5-4-8-19-17;1-10(2)23-9-12-6-13(7-14(18)15(12)22-23)21-17-16-11(8-20-17)4-3-5-19-16;1-21-14-10(8-19-21)5-11(6-12(14)16)20-15-13-9(7-18-15)3-2-4-17-13;;/h2,5-8,10,12H,1,3-4,9,11H2,(H,22,24);4-8,11H,1-3,9-10H2,(H,22,24);4-9,11H,10H2,1-3H3,(H,20,21);3-7,9-10H,8H2,1-2H3,(H,20,21);2-6,8H,7H2,1H3,(H,18,20);2*1H4. The molecule has 0 unspecified atom stereocenters. The van der Waals surface area contributed by atoms with Gasteiger partial charge in [-0.05, 0) is 163 Å². The molecule has 10 aromatic heterocycles. The molecule has 604 valence electrons. The number of hydrogen-bond donors (Lipinski definition) is 5. The first-order valence-electron chi connectivity index (χ1n) is 39.3. The number of halogens is 4. The van der Waals surface area contributed by atoms with Crippen LogP contribution < -0.4 is 26.6 Å². The average molecular weight is 1670 g/mol. The van der Waals surface area contributed by atoms with Crippen LogP contribution in [0.3, 0.4) is 0 Å². The molecule has 0 radical (unpaired) electrons. The summed E-state index contributed by atoms with van der Waals surface area (Å²) in [7, 11) is 1.88. The van der Waals surface area contributed by atoms with Crippen LogP contribution in [0, 0.1) is 18.8 Å². The molecule has 0 amide bonds. The minimum atomic E-state index is 0. The Labute approximate surface area is 708 Å². The lowest BCUT2D eigenvalue weighted by Gasteiger charge is -2.25. The van der Waals surface area contributed by atoms with E-state index in [1.54, 1.807) is 48.1 Å². The molecule has 119 heavy (non-hydrogen) atoms. The second-order valence-electron chi connectivity index (χ2n) is 30.5. The van der Waals surface area contributed by atoms with E-state index in [2.05, 4.69) is 193 Å². The average Bonchev–Trinajstić information content (AvgIpc) is 1.66. The van der Waals surface area contributed by atoms with Gasteiger partial charge in [-0.2, -0.15) is 25.5 Å². The van der Waals surface area contributed by atoms with Crippen molar-refractivity contribution in [3.8, 4) is 0 Å². The molecule has 0 saturated heterocycles. The Balaban J connectivity index is 0.000000111. The lowest BCUT2D eigenvalue weighted by Crippen LogP contribution is -2.18. The number of fused-ring (bicyclic) bond motifs is 10. The van der Waals surface area contributed by atoms with Crippen LogP contribution in [-0.2, 0) is 52.9 Å². The highest BCUT2D eigenvalue weighted by Gasteiger charge is 2.27. The van der Waals surface area contributed by atoms with E-state index in [4.69, 9.17) is 46.4 Å². The first-order chi connectivity index (χ1) is 57.0. The lowest BCUT2D eigenvalue weighted by molar-refractivity contribution is 0.270. The van der Waals surface area contributed by atoms with Gasteiger partial charge in [-0.15, -0.1) is 0 Å². The van der Waals surface area contributed by atoms with Crippen LogP contribution >= 0.6 is 46.4 Å². The lowest BCUT2D eigenvalue weighted by atomic mass is 9.85. The van der Waals surface area contributed by atoms with Crippen molar-refractivity contribution in [2.45, 2.75) is 146 Å². The highest BCUT2D eigenvalue weighted by molar-refractivity contribution is 6.37. The Morgan fingerprint density at radius 1 is 0.412 bits per heavy atom. The van der Waals surface area contributed by atoms with E-state index in [9.17, 15) is 0 Å². The van der Waals surface area contributed by atoms with Gasteiger partial charge >= 0.3 is 0 Å². The van der Waals surface area contributed by atoms with Gasteiger partial charge in [-0.1, -0.05) is 98.4 Å². The van der Waals surface area contributed by atoms with Gasteiger partial charge in [-0.3, -0.25) is 73.3 Å². The predicted molar refractivity (Wildman–Crippen MR) is 482 cm³/mol. The summed E-state index contributed by atoms with van der Waals surface area (Å²) < 4.78 is 9.85. The fourth-order valence-corrected chi connectivity index (χ4v) is 16.6. The number of pyridine rings is 4. The predicted octanol–water partition coefficient (Wildman–Crippen LogP) is 19.9. The first-order valence-corrected chi connectivity index (χ1v) is 40.8. The van der Waals surface area contributed by atoms with Crippen molar-refractivity contribution in [3.05, 3.63) is 259 Å². The first kappa shape index (κ1) is 80.4. The molecule has 22 rings (SSSR count). The Bertz CT molecular complexity index is 6350. The summed E-state index contributed by atoms with van der Waals surface area (Å²) in [4.78, 5) is 48.9. The van der Waals surface area contributed by atoms with Gasteiger partial charge in [0.05, 0.1) is 105 Å². The third kappa shape index (κ3) is 16.8. The molecule has 0 atom stereocenters. The Morgan fingerprint density at radius 3 is 1.27 bits per heavy atom. The van der Waals surface area contributed by atoms with E-state index in [-0.39, 0.29) is 14.9 Å². The molecular formula is C89H90Cl4N26. The van der Waals surface area contributed by atoms with Crippen LogP contribution in [0.15, 0.2) is 202 Å². The quantitative estimate of drug-likeness (QED) is 0.0804. The maximum absolute atomic E-state index is 6.58. The van der Waals surface area contributed by atoms with E-state index in [0.29, 0.717) is 59.9 Å². The Morgan fingerprint density at radius 2 is 0.815 bits per heavy atom. The molecule has 7 aliphatic rings. The number of anilines is 5. The smallest absolute Gasteiger partial charge is 0.154 e. The number of benzene rings is 5. The number of aryl methyl sites for hydroxylation is 2. The number of rotatable bonds is 11. The van der Waals surface area contributed by atoms with Crippen LogP contribution in [0.2, 0.25) is 20.1 Å². The Kier molecular flexibility index (Phi) is 23.4. The number of nitrogens with one attached hydrogen (secondary N) is 5. The summed E-state index contributed by atoms with van der Waals surface area (Å²) in [6, 6.07) is 38.8. The Hall–Kier alpha value is -12.4. The van der Waals surface area contributed by atoms with E-state index in [0.717, 1.165) is 193 Å². The summed E-state index contributed by atoms with van der Waals surface area (Å²) in [6.07, 6.45) is 26.0. The SMILES string of the molecule is C.C.CC(C)n1cc2cc(NC3=NCc4cccnc43)cc(Cl)c2n1.Cc1nn(C(C)C)c2ccc(NC3=NCc4cccnc43)cc12.Clc1cc(NC2=NCc3cccnc32)cc2cnn(CC3CCC3)c12.Clc1cc(NC2=NCc3nccnc32)cc2cnn(CC3CCC3)c12.Cn1ncc2cc(NC3=NCc4cccnc43)cc(Cl)c21. The molecule has 5 aromatic carbocycles. The van der Waals surface area contributed by atoms with Crippen LogP contribution in [0.4, 0.5) is 28.4 Å². The molecule has 2 fully saturated rings. The minimum absolute atomic E-state index is 0. The van der Waals surface area contributed by atoms with Gasteiger partial charge in [0.1, 0.15) is 34.0 Å². The molecule has 0 bridgehead atoms. The molecular weight excluding hydrogens is 1570 g/mol. The summed E-state index contributed by atoms with van der Waals surface area (Å²) in [5.74, 6) is 5.42. The summed E-state index contributed by atoms with van der Waals surface area (Å²) in [6.45, 7) is 15.7. The molecule has 30 heteroatoms. The van der Waals surface area contributed by atoms with E-state index in [1.165, 1.54) is 49.5 Å². The fraction of sp³-hybridized carbons (Fsp3) is 0.281. The number of aromatic nitrogens is 16. The van der Waals surface area contributed by atoms with E-state index < -0.39 is 0 Å².